The Hall–Kier alpha value is -2.14. The van der Waals surface area contributed by atoms with Gasteiger partial charge in [-0.1, -0.05) is 23.7 Å². The minimum atomic E-state index is -0.940. The van der Waals surface area contributed by atoms with Crippen LogP contribution in [0.1, 0.15) is 5.56 Å². The van der Waals surface area contributed by atoms with E-state index in [1.54, 1.807) is 16.7 Å². The van der Waals surface area contributed by atoms with E-state index in [0.29, 0.717) is 22.6 Å². The second-order valence-corrected chi connectivity index (χ2v) is 4.88. The Morgan fingerprint density at radius 2 is 1.90 bits per heavy atom. The molecule has 0 atom stereocenters. The molecule has 2 N–H and O–H groups in total. The van der Waals surface area contributed by atoms with Gasteiger partial charge in [0.05, 0.1) is 17.6 Å². The van der Waals surface area contributed by atoms with Crippen molar-refractivity contribution in [1.29, 1.82) is 0 Å². The van der Waals surface area contributed by atoms with Crippen LogP contribution in [0, 0.1) is 11.6 Å². The zero-order chi connectivity index (χ0) is 14.3. The first-order chi connectivity index (χ1) is 9.54. The van der Waals surface area contributed by atoms with Gasteiger partial charge in [0.25, 0.3) is 0 Å². The van der Waals surface area contributed by atoms with Gasteiger partial charge in [-0.3, -0.25) is 0 Å². The molecule has 3 nitrogen and oxygen atoms in total. The van der Waals surface area contributed by atoms with Gasteiger partial charge in [-0.2, -0.15) is 0 Å². The molecular formula is C14H10ClF2N3. The van der Waals surface area contributed by atoms with Gasteiger partial charge in [0.1, 0.15) is 0 Å². The largest absolute Gasteiger partial charge is 0.369 e. The lowest BCUT2D eigenvalue weighted by atomic mass is 10.2. The lowest BCUT2D eigenvalue weighted by molar-refractivity contribution is 0.510. The topological polar surface area (TPSA) is 43.8 Å². The first-order valence-corrected chi connectivity index (χ1v) is 6.27. The van der Waals surface area contributed by atoms with Crippen LogP contribution in [0.2, 0.25) is 5.02 Å². The van der Waals surface area contributed by atoms with Crippen LogP contribution in [0.15, 0.2) is 36.4 Å². The van der Waals surface area contributed by atoms with E-state index in [2.05, 4.69) is 4.98 Å². The number of hydrogen-bond acceptors (Lipinski definition) is 2. The van der Waals surface area contributed by atoms with Gasteiger partial charge in [0, 0.05) is 17.2 Å². The van der Waals surface area contributed by atoms with Crippen molar-refractivity contribution < 1.29 is 8.78 Å². The quantitative estimate of drug-likeness (QED) is 0.784. The summed E-state index contributed by atoms with van der Waals surface area (Å²) in [5.74, 6) is -1.67. The van der Waals surface area contributed by atoms with Crippen molar-refractivity contribution in [3.05, 3.63) is 58.6 Å². The predicted molar refractivity (Wildman–Crippen MR) is 74.6 cm³/mol. The lowest BCUT2D eigenvalue weighted by Gasteiger charge is -2.07. The Morgan fingerprint density at radius 1 is 1.15 bits per heavy atom. The van der Waals surface area contributed by atoms with Crippen molar-refractivity contribution >= 4 is 28.6 Å². The molecule has 0 saturated carbocycles. The summed E-state index contributed by atoms with van der Waals surface area (Å²) in [6.07, 6.45) is 0. The maximum atomic E-state index is 13.4. The fraction of sp³-hybridized carbons (Fsp3) is 0.0714. The van der Waals surface area contributed by atoms with Gasteiger partial charge in [-0.15, -0.1) is 0 Å². The molecule has 0 spiro atoms. The van der Waals surface area contributed by atoms with E-state index in [0.717, 1.165) is 17.7 Å². The van der Waals surface area contributed by atoms with Crippen molar-refractivity contribution in [3.63, 3.8) is 0 Å². The molecule has 6 heteroatoms. The average molecular weight is 294 g/mol. The van der Waals surface area contributed by atoms with Crippen molar-refractivity contribution in [3.8, 4) is 0 Å². The maximum Gasteiger partial charge on any atom is 0.201 e. The minimum absolute atomic E-state index is 0.199. The van der Waals surface area contributed by atoms with E-state index in [9.17, 15) is 8.78 Å². The first-order valence-electron chi connectivity index (χ1n) is 5.90. The van der Waals surface area contributed by atoms with Crippen LogP contribution in [0.25, 0.3) is 11.0 Å². The summed E-state index contributed by atoms with van der Waals surface area (Å²) in [5, 5.41) is 0.600. The Balaban J connectivity index is 2.11. The highest BCUT2D eigenvalue weighted by Gasteiger charge is 2.13. The molecule has 0 radical (unpaired) electrons. The normalized spacial score (nSPS) is 11.2. The standard InChI is InChI=1S/C14H10ClF2N3/c15-9-3-1-2-8(4-9)7-20-13-6-11(17)10(16)5-12(13)19-14(20)18/h1-6H,7H2,(H2,18,19). The fourth-order valence-corrected chi connectivity index (χ4v) is 2.34. The highest BCUT2D eigenvalue weighted by Crippen LogP contribution is 2.23. The molecule has 0 bridgehead atoms. The summed E-state index contributed by atoms with van der Waals surface area (Å²) in [4.78, 5) is 4.03. The number of benzene rings is 2. The highest BCUT2D eigenvalue weighted by atomic mass is 35.5. The number of fused-ring (bicyclic) bond motifs is 1. The molecule has 3 rings (SSSR count). The molecule has 102 valence electrons. The number of nitrogens with zero attached hydrogens (tertiary/aromatic N) is 2. The van der Waals surface area contributed by atoms with E-state index in [1.807, 2.05) is 12.1 Å². The molecule has 1 heterocycles. The molecule has 1 aromatic heterocycles. The zero-order valence-electron chi connectivity index (χ0n) is 10.3. The number of aromatic nitrogens is 2. The molecule has 2 aromatic carbocycles. The third-order valence-corrected chi connectivity index (χ3v) is 3.28. The summed E-state index contributed by atoms with van der Waals surface area (Å²) in [7, 11) is 0. The van der Waals surface area contributed by atoms with Crippen molar-refractivity contribution in [1.82, 2.24) is 9.55 Å². The summed E-state index contributed by atoms with van der Waals surface area (Å²) in [6.45, 7) is 0.383. The van der Waals surface area contributed by atoms with Crippen molar-refractivity contribution in [2.75, 3.05) is 5.73 Å². The van der Waals surface area contributed by atoms with Gasteiger partial charge in [-0.25, -0.2) is 13.8 Å². The predicted octanol–water partition coefficient (Wildman–Crippen LogP) is 3.60. The van der Waals surface area contributed by atoms with E-state index < -0.39 is 11.6 Å². The van der Waals surface area contributed by atoms with Crippen molar-refractivity contribution in [2.45, 2.75) is 6.54 Å². The number of imidazole rings is 1. The summed E-state index contributed by atoms with van der Waals surface area (Å²) in [6, 6.07) is 9.36. The van der Waals surface area contributed by atoms with Gasteiger partial charge in [0.2, 0.25) is 5.95 Å². The van der Waals surface area contributed by atoms with Gasteiger partial charge in [-0.05, 0) is 17.7 Å². The van der Waals surface area contributed by atoms with Crippen LogP contribution >= 0.6 is 11.6 Å². The molecular weight excluding hydrogens is 284 g/mol. The molecule has 20 heavy (non-hydrogen) atoms. The SMILES string of the molecule is Nc1nc2cc(F)c(F)cc2n1Cc1cccc(Cl)c1. The summed E-state index contributed by atoms with van der Waals surface area (Å²) in [5.41, 5.74) is 7.48. The van der Waals surface area contributed by atoms with E-state index in [-0.39, 0.29) is 5.95 Å². The average Bonchev–Trinajstić information content (AvgIpc) is 2.67. The lowest BCUT2D eigenvalue weighted by Crippen LogP contribution is -2.04. The third-order valence-electron chi connectivity index (χ3n) is 3.05. The Kier molecular flexibility index (Phi) is 3.06. The van der Waals surface area contributed by atoms with E-state index >= 15 is 0 Å². The summed E-state index contributed by atoms with van der Waals surface area (Å²) >= 11 is 5.92. The Labute approximate surface area is 118 Å². The maximum absolute atomic E-state index is 13.4. The molecule has 0 aliphatic carbocycles. The summed E-state index contributed by atoms with van der Waals surface area (Å²) < 4.78 is 28.2. The monoisotopic (exact) mass is 293 g/mol. The number of halogens is 3. The van der Waals surface area contributed by atoms with Gasteiger partial charge < -0.3 is 10.3 Å². The number of rotatable bonds is 2. The Bertz CT molecular complexity index is 798. The second kappa shape index (κ2) is 4.76. The minimum Gasteiger partial charge on any atom is -0.369 e. The molecule has 0 fully saturated rings. The number of nitrogen functional groups attached to an aromatic ring is 1. The van der Waals surface area contributed by atoms with Gasteiger partial charge in [0.15, 0.2) is 11.6 Å². The third kappa shape index (κ3) is 2.20. The molecule has 0 amide bonds. The first kappa shape index (κ1) is 12.9. The van der Waals surface area contributed by atoms with Crippen LogP contribution in [0.3, 0.4) is 0 Å². The molecule has 0 saturated heterocycles. The molecule has 0 aliphatic rings. The number of hydrogen-bond donors (Lipinski definition) is 1. The highest BCUT2D eigenvalue weighted by molar-refractivity contribution is 6.30. The smallest absolute Gasteiger partial charge is 0.201 e. The van der Waals surface area contributed by atoms with Crippen LogP contribution in [0.4, 0.5) is 14.7 Å². The van der Waals surface area contributed by atoms with Crippen LogP contribution in [0.5, 0.6) is 0 Å². The van der Waals surface area contributed by atoms with Crippen LogP contribution in [-0.4, -0.2) is 9.55 Å². The van der Waals surface area contributed by atoms with Crippen LogP contribution < -0.4 is 5.73 Å². The second-order valence-electron chi connectivity index (χ2n) is 4.44. The number of anilines is 1. The fourth-order valence-electron chi connectivity index (χ4n) is 2.12. The van der Waals surface area contributed by atoms with Crippen LogP contribution in [-0.2, 0) is 6.54 Å². The van der Waals surface area contributed by atoms with Crippen molar-refractivity contribution in [2.24, 2.45) is 0 Å². The van der Waals surface area contributed by atoms with E-state index in [1.165, 1.54) is 0 Å². The van der Waals surface area contributed by atoms with Gasteiger partial charge >= 0.3 is 0 Å². The number of nitrogens with two attached hydrogens (primary N) is 1. The van der Waals surface area contributed by atoms with E-state index in [4.69, 9.17) is 17.3 Å². The Morgan fingerprint density at radius 3 is 2.65 bits per heavy atom. The molecule has 0 aliphatic heterocycles. The molecule has 0 unspecified atom stereocenters. The molecule has 3 aromatic rings. The zero-order valence-corrected chi connectivity index (χ0v) is 11.0.